The lowest BCUT2D eigenvalue weighted by molar-refractivity contribution is -0.265. The lowest BCUT2D eigenvalue weighted by Crippen LogP contribution is -2.61. The average Bonchev–Trinajstić information content (AvgIpc) is 3.31. The van der Waals surface area contributed by atoms with Gasteiger partial charge in [0.05, 0.1) is 30.5 Å². The molecule has 4 unspecified atom stereocenters. The van der Waals surface area contributed by atoms with Gasteiger partial charge in [0.15, 0.2) is 5.78 Å². The van der Waals surface area contributed by atoms with E-state index in [1.54, 1.807) is 41.1 Å². The fourth-order valence-corrected chi connectivity index (χ4v) is 11.0. The summed E-state index contributed by atoms with van der Waals surface area (Å²) in [6.45, 7) is 12.9. The Morgan fingerprint density at radius 3 is 2.22 bits per heavy atom. The van der Waals surface area contributed by atoms with Crippen LogP contribution < -0.4 is 0 Å². The molecule has 5 rings (SSSR count). The summed E-state index contributed by atoms with van der Waals surface area (Å²) in [6.07, 6.45) is 16.6. The van der Waals surface area contributed by atoms with E-state index in [4.69, 9.17) is 28.4 Å². The molecule has 2 saturated heterocycles. The fraction of sp³-hybridized carbons (Fsp3) is 0.764. The highest BCUT2D eigenvalue weighted by atomic mass is 16.6. The summed E-state index contributed by atoms with van der Waals surface area (Å²) in [4.78, 5) is 72.4. The Kier molecular flexibility index (Phi) is 21.6. The van der Waals surface area contributed by atoms with E-state index in [1.807, 2.05) is 58.1 Å². The number of hydrogen-bond donors (Lipinski definition) is 2. The van der Waals surface area contributed by atoms with Crippen LogP contribution in [0.25, 0.3) is 0 Å². The quantitative estimate of drug-likeness (QED) is 0.137. The van der Waals surface area contributed by atoms with E-state index < -0.39 is 77.8 Å². The summed E-state index contributed by atoms with van der Waals surface area (Å²) in [7, 11) is 4.69. The van der Waals surface area contributed by atoms with Gasteiger partial charge in [0.2, 0.25) is 5.79 Å². The lowest BCUT2D eigenvalue weighted by atomic mass is 9.78. The maximum absolute atomic E-state index is 14.5. The van der Waals surface area contributed by atoms with Crippen molar-refractivity contribution in [2.75, 3.05) is 27.9 Å². The molecule has 0 aromatic carbocycles. The maximum atomic E-state index is 14.5. The number of Topliss-reactive ketones (excluding diaryl/α,β-unsaturated/α-hetero) is 3. The zero-order chi connectivity index (χ0) is 50.6. The van der Waals surface area contributed by atoms with E-state index in [-0.39, 0.29) is 67.0 Å². The van der Waals surface area contributed by atoms with Crippen molar-refractivity contribution in [2.45, 2.75) is 205 Å². The van der Waals surface area contributed by atoms with Gasteiger partial charge in [-0.2, -0.15) is 0 Å². The Bertz CT molecular complexity index is 1870. The molecular formula is C55H85NO13. The van der Waals surface area contributed by atoms with Crippen molar-refractivity contribution in [3.8, 4) is 0 Å². The van der Waals surface area contributed by atoms with E-state index in [9.17, 15) is 34.2 Å². The topological polar surface area (TPSA) is 184 Å². The van der Waals surface area contributed by atoms with Crippen molar-refractivity contribution in [2.24, 2.45) is 35.5 Å². The predicted molar refractivity (Wildman–Crippen MR) is 262 cm³/mol. The molecular weight excluding hydrogens is 883 g/mol. The standard InChI is InChI=1S/C55H85NO13/c1-33-17-12-11-13-18-34(2)46(64-8)31-42-24-22-39(7)55(63,69-42)52(60)53(61)56-26-15-14-21-43(56)54(62)68-47(36(4)29-40-23-25-45(48(30-40)65-9)67-41-19-16-20-41)32-44(57)35(3)28-38(6)50(59)51(66-10)49(58)37(5)27-33/h11-13,17-18,28,33,35-37,39-43,45-48,50-51,59,63H,14-16,19-27,29-32H2,1-10H3/b13-11+,17-12+,34-18+,38-28+/t33-,35-,36+,37-,39-,40?,42+,43+,45?,46+,47+,48?,50?,51+,55-/m1/s1. The number of methoxy groups -OCH3 is 3. The molecule has 3 heterocycles. The number of fused-ring (bicyclic) bond motifs is 3. The minimum Gasteiger partial charge on any atom is -0.460 e. The molecule has 0 spiro atoms. The lowest BCUT2D eigenvalue weighted by Gasteiger charge is -2.43. The van der Waals surface area contributed by atoms with Crippen LogP contribution in [0, 0.1) is 35.5 Å². The average molecular weight is 968 g/mol. The predicted octanol–water partition coefficient (Wildman–Crippen LogP) is 7.76. The third kappa shape index (κ3) is 14.9. The molecule has 388 valence electrons. The van der Waals surface area contributed by atoms with Crippen molar-refractivity contribution in [1.82, 2.24) is 4.90 Å². The Morgan fingerprint density at radius 1 is 0.812 bits per heavy atom. The van der Waals surface area contributed by atoms with Gasteiger partial charge in [0.1, 0.15) is 30.1 Å². The molecule has 14 heteroatoms. The number of carbonyl (C=O) groups is 5. The van der Waals surface area contributed by atoms with Crippen molar-refractivity contribution in [3.05, 3.63) is 47.6 Å². The summed E-state index contributed by atoms with van der Waals surface area (Å²) in [5.74, 6) is -7.67. The zero-order valence-corrected chi connectivity index (χ0v) is 43.3. The fourth-order valence-electron chi connectivity index (χ4n) is 11.0. The molecule has 2 saturated carbocycles. The number of aliphatic hydroxyl groups excluding tert-OH is 1. The molecule has 69 heavy (non-hydrogen) atoms. The van der Waals surface area contributed by atoms with Crippen LogP contribution in [-0.4, -0.2) is 133 Å². The summed E-state index contributed by atoms with van der Waals surface area (Å²) < 4.78 is 36.4. The van der Waals surface area contributed by atoms with Gasteiger partial charge in [-0.25, -0.2) is 4.79 Å². The van der Waals surface area contributed by atoms with Crippen molar-refractivity contribution in [1.29, 1.82) is 0 Å². The number of nitrogens with zero attached hydrogens (tertiary/aromatic N) is 1. The Morgan fingerprint density at radius 2 is 1.55 bits per heavy atom. The molecule has 2 bridgehead atoms. The van der Waals surface area contributed by atoms with E-state index in [2.05, 4.69) is 0 Å². The molecule has 4 fully saturated rings. The van der Waals surface area contributed by atoms with Crippen LogP contribution in [0.4, 0.5) is 0 Å². The van der Waals surface area contributed by atoms with Crippen LogP contribution in [0.15, 0.2) is 47.6 Å². The maximum Gasteiger partial charge on any atom is 0.329 e. The molecule has 2 N–H and O–H groups in total. The Labute approximate surface area is 411 Å². The first-order valence-corrected chi connectivity index (χ1v) is 26.0. The highest BCUT2D eigenvalue weighted by Crippen LogP contribution is 2.39. The second kappa shape index (κ2) is 26.4. The van der Waals surface area contributed by atoms with Gasteiger partial charge in [-0.15, -0.1) is 0 Å². The van der Waals surface area contributed by atoms with Crippen LogP contribution in [0.5, 0.6) is 0 Å². The summed E-state index contributed by atoms with van der Waals surface area (Å²) >= 11 is 0. The highest BCUT2D eigenvalue weighted by molar-refractivity contribution is 6.39. The van der Waals surface area contributed by atoms with Gasteiger partial charge in [-0.3, -0.25) is 19.2 Å². The molecule has 15 atom stereocenters. The number of carbonyl (C=O) groups excluding carboxylic acids is 5. The van der Waals surface area contributed by atoms with E-state index in [0.29, 0.717) is 50.5 Å². The molecule has 2 aliphatic carbocycles. The second-order valence-electron chi connectivity index (χ2n) is 21.3. The third-order valence-electron chi connectivity index (χ3n) is 15.9. The molecule has 3 aliphatic heterocycles. The number of allylic oxidation sites excluding steroid dienone is 6. The molecule has 0 radical (unpaired) electrons. The molecule has 5 aliphatic rings. The first kappa shape index (κ1) is 56.5. The van der Waals surface area contributed by atoms with Gasteiger partial charge in [-0.1, -0.05) is 71.1 Å². The summed E-state index contributed by atoms with van der Waals surface area (Å²) in [5.41, 5.74) is 1.29. The number of cyclic esters (lactones) is 1. The van der Waals surface area contributed by atoms with Crippen LogP contribution in [0.1, 0.15) is 145 Å². The van der Waals surface area contributed by atoms with Crippen LogP contribution in [-0.2, 0) is 52.4 Å². The van der Waals surface area contributed by atoms with Crippen LogP contribution in [0.3, 0.4) is 0 Å². The number of amides is 1. The molecule has 0 aromatic rings. The molecule has 1 amide bonds. The van der Waals surface area contributed by atoms with E-state index >= 15 is 0 Å². The minimum atomic E-state index is -2.42. The second-order valence-corrected chi connectivity index (χ2v) is 21.3. The third-order valence-corrected chi connectivity index (χ3v) is 15.9. The van der Waals surface area contributed by atoms with Gasteiger partial charge in [0, 0.05) is 58.5 Å². The number of aliphatic hydroxyl groups is 2. The van der Waals surface area contributed by atoms with Crippen LogP contribution >= 0.6 is 0 Å². The van der Waals surface area contributed by atoms with Crippen molar-refractivity contribution < 1.29 is 62.6 Å². The number of hydrogen-bond acceptors (Lipinski definition) is 13. The number of rotatable bonds is 8. The molecule has 14 nitrogen and oxygen atoms in total. The first-order valence-electron chi connectivity index (χ1n) is 26.0. The van der Waals surface area contributed by atoms with E-state index in [0.717, 1.165) is 37.7 Å². The number of ketones is 3. The van der Waals surface area contributed by atoms with Crippen molar-refractivity contribution >= 4 is 29.2 Å². The normalized spacial score (nSPS) is 40.0. The van der Waals surface area contributed by atoms with E-state index in [1.165, 1.54) is 18.4 Å². The van der Waals surface area contributed by atoms with Crippen LogP contribution in [0.2, 0.25) is 0 Å². The SMILES string of the molecule is COC1CC(C[C@H](C)[C@@H]2CC(=O)[C@H](C)/C=C(\C)C(O)[C@@H](OC)C(=O)[C@H](C)C[C@H](C)/C=C/C=C/C=C(\C)[C@@H](OC)C[C@@H]3CC[C@@H](C)[C@@](O)(O3)C(=O)C(=O)N3CCCC[C@H]3C(=O)O2)CCC1OC1CCC1. The largest absolute Gasteiger partial charge is 0.460 e. The minimum absolute atomic E-state index is 0.0134. The molecule has 0 aromatic heterocycles. The number of ether oxygens (including phenoxy) is 6. The number of piperidine rings is 1. The smallest absolute Gasteiger partial charge is 0.329 e. The summed E-state index contributed by atoms with van der Waals surface area (Å²) in [5, 5.41) is 23.5. The summed E-state index contributed by atoms with van der Waals surface area (Å²) in [6, 6.07) is -1.12. The van der Waals surface area contributed by atoms with Gasteiger partial charge in [0.25, 0.3) is 11.7 Å². The zero-order valence-electron chi connectivity index (χ0n) is 43.3. The van der Waals surface area contributed by atoms with Gasteiger partial charge in [-0.05, 0) is 126 Å². The Hall–Kier alpha value is -3.37. The first-order chi connectivity index (χ1) is 32.8. The Balaban J connectivity index is 1.45. The number of esters is 1. The highest BCUT2D eigenvalue weighted by Gasteiger charge is 2.53. The van der Waals surface area contributed by atoms with Crippen molar-refractivity contribution in [3.63, 3.8) is 0 Å². The monoisotopic (exact) mass is 968 g/mol. The van der Waals surface area contributed by atoms with Gasteiger partial charge < -0.3 is 43.5 Å². The van der Waals surface area contributed by atoms with Gasteiger partial charge >= 0.3 is 5.97 Å².